The third-order valence-electron chi connectivity index (χ3n) is 4.86. The summed E-state index contributed by atoms with van der Waals surface area (Å²) in [5.74, 6) is -8.10. The summed E-state index contributed by atoms with van der Waals surface area (Å²) in [6.07, 6.45) is -5.26. The van der Waals surface area contributed by atoms with Crippen molar-refractivity contribution in [3.8, 4) is 0 Å². The Balaban J connectivity index is -0.0000000663. The van der Waals surface area contributed by atoms with E-state index in [-0.39, 0.29) is 42.6 Å². The molecule has 0 aromatic heterocycles. The largest absolute Gasteiger partial charge is 1.00 e. The quantitative estimate of drug-likeness (QED) is 0.107. The van der Waals surface area contributed by atoms with Gasteiger partial charge in [0.1, 0.15) is 0 Å². The molecule has 0 aromatic rings. The predicted molar refractivity (Wildman–Crippen MR) is 173 cm³/mol. The summed E-state index contributed by atoms with van der Waals surface area (Å²) in [5.41, 5.74) is 5.49. The van der Waals surface area contributed by atoms with Gasteiger partial charge in [-0.15, -0.1) is 0 Å². The van der Waals surface area contributed by atoms with E-state index in [0.717, 1.165) is 20.3 Å². The average Bonchev–Trinajstić information content (AvgIpc) is 2.83. The van der Waals surface area contributed by atoms with Gasteiger partial charge in [-0.05, 0) is 12.1 Å². The second-order valence-electron chi connectivity index (χ2n) is 10.6. The maximum Gasteiger partial charge on any atom is 0.471 e. The first-order chi connectivity index (χ1) is 17.9. The topological polar surface area (TPSA) is 179 Å². The molecule has 0 rings (SSSR count). The monoisotopic (exact) mass is 720 g/mol. The first-order valence-electron chi connectivity index (χ1n) is 11.8. The first-order valence-corrected chi connectivity index (χ1v) is 22.5. The van der Waals surface area contributed by atoms with Crippen molar-refractivity contribution in [2.75, 3.05) is 41.7 Å². The minimum absolute atomic E-state index is 0. The number of ether oxygens (including phenoxy) is 2. The van der Waals surface area contributed by atoms with E-state index in [9.17, 15) is 36.7 Å². The van der Waals surface area contributed by atoms with Crippen molar-refractivity contribution in [1.82, 2.24) is 5.32 Å². The van der Waals surface area contributed by atoms with Crippen LogP contribution in [0.15, 0.2) is 0 Å². The number of carbonyl (C=O) groups excluding carboxylic acids is 3. The minimum atomic E-state index is -5.26. The molecule has 2 unspecified atom stereocenters. The molecule has 20 heteroatoms. The Labute approximate surface area is 264 Å². The average molecular weight is 721 g/mol. The molecule has 1 amide bonds. The van der Waals surface area contributed by atoms with Crippen molar-refractivity contribution in [2.45, 2.75) is 91.4 Å². The fourth-order valence-electron chi connectivity index (χ4n) is 2.27. The molecule has 0 heterocycles. The molecular weight excluding hydrogens is 655 g/mol. The molecule has 0 aliphatic carbocycles. The van der Waals surface area contributed by atoms with Gasteiger partial charge in [-0.3, -0.25) is 13.9 Å². The number of alkyl halides is 3. The zero-order valence-corrected chi connectivity index (χ0v) is 28.4. The van der Waals surface area contributed by atoms with E-state index in [1.165, 1.54) is 19.5 Å². The summed E-state index contributed by atoms with van der Waals surface area (Å²) in [6.45, 7) is 12.7. The molecule has 0 aromatic carbocycles. The van der Waals surface area contributed by atoms with E-state index in [4.69, 9.17) is 15.2 Å². The van der Waals surface area contributed by atoms with Gasteiger partial charge in [0, 0.05) is 44.6 Å². The lowest BCUT2D eigenvalue weighted by atomic mass is 10.5. The molecule has 0 saturated carbocycles. The number of amides is 1. The van der Waals surface area contributed by atoms with Crippen molar-refractivity contribution in [3.05, 3.63) is 0 Å². The Kier molecular flexibility index (Phi) is 25.9. The molecule has 0 saturated heterocycles. The van der Waals surface area contributed by atoms with Crippen LogP contribution in [-0.4, -0.2) is 93.4 Å². The predicted octanol–water partition coefficient (Wildman–Crippen LogP) is 6.47. The van der Waals surface area contributed by atoms with Crippen molar-refractivity contribution in [2.24, 2.45) is 5.73 Å². The minimum Gasteiger partial charge on any atom is -1.00 e. The van der Waals surface area contributed by atoms with E-state index in [0.29, 0.717) is 6.04 Å². The Hall–Kier alpha value is -1.11. The fraction of sp³-hybridized carbons (Fsp3) is 0.870. The molecule has 0 aliphatic rings. The number of hydrogen-bond acceptors (Lipinski definition) is 12. The van der Waals surface area contributed by atoms with Gasteiger partial charge in [-0.25, -0.2) is 9.59 Å². The van der Waals surface area contributed by atoms with Crippen LogP contribution in [0.5, 0.6) is 0 Å². The molecule has 272 valence electrons. The first kappa shape index (κ1) is 51.5. The molecule has 2 atom stereocenters. The molecule has 13 nitrogen and oxygen atoms in total. The number of halogens is 3. The highest BCUT2D eigenvalue weighted by Crippen LogP contribution is 2.51. The summed E-state index contributed by atoms with van der Waals surface area (Å²) >= 11 is 0. The lowest BCUT2D eigenvalue weighted by Crippen LogP contribution is -2.47. The van der Waals surface area contributed by atoms with Crippen LogP contribution in [-0.2, 0) is 51.1 Å². The maximum atomic E-state index is 12.3. The normalized spacial score (nSPS) is 13.3. The van der Waals surface area contributed by atoms with Gasteiger partial charge >= 0.3 is 39.2 Å². The van der Waals surface area contributed by atoms with Crippen molar-refractivity contribution in [1.29, 1.82) is 0 Å². The summed E-state index contributed by atoms with van der Waals surface area (Å²) in [6, 6.07) is 1.37. The van der Waals surface area contributed by atoms with E-state index in [1.54, 1.807) is 0 Å². The van der Waals surface area contributed by atoms with Crippen molar-refractivity contribution in [3.63, 3.8) is 0 Å². The molecule has 43 heavy (non-hydrogen) atoms. The van der Waals surface area contributed by atoms with Gasteiger partial charge in [-0.1, -0.05) is 61.6 Å². The second-order valence-corrected chi connectivity index (χ2v) is 26.5. The van der Waals surface area contributed by atoms with E-state index in [1.807, 2.05) is 19.6 Å². The third kappa shape index (κ3) is 20.5. The van der Waals surface area contributed by atoms with Crippen molar-refractivity contribution < 1.29 is 71.4 Å². The van der Waals surface area contributed by atoms with Gasteiger partial charge in [-0.2, -0.15) is 13.2 Å². The highest BCUT2D eigenvalue weighted by Gasteiger charge is 2.48. The highest BCUT2D eigenvalue weighted by atomic mass is 31.2. The van der Waals surface area contributed by atoms with Gasteiger partial charge in [0.15, 0.2) is 0 Å². The van der Waals surface area contributed by atoms with E-state index < -0.39 is 66.9 Å². The van der Waals surface area contributed by atoms with Crippen LogP contribution in [0.4, 0.5) is 13.2 Å². The Bertz CT molecular complexity index is 939. The van der Waals surface area contributed by atoms with Crippen LogP contribution in [0.3, 0.4) is 0 Å². The number of nitrogens with one attached hydrogen (secondary N) is 1. The lowest BCUT2D eigenvalue weighted by Gasteiger charge is -2.24. The van der Waals surface area contributed by atoms with E-state index in [2.05, 4.69) is 37.7 Å². The summed E-state index contributed by atoms with van der Waals surface area (Å²) < 4.78 is 89.1. The molecular formula is C23H60F3N2O11P2Si2-5. The number of rotatable bonds is 15. The second kappa shape index (κ2) is 21.6. The van der Waals surface area contributed by atoms with Gasteiger partial charge in [0.2, 0.25) is 11.6 Å². The summed E-state index contributed by atoms with van der Waals surface area (Å²) in [4.78, 5) is 34.5. The van der Waals surface area contributed by atoms with Crippen LogP contribution in [0.1, 0.15) is 29.4 Å². The smallest absolute Gasteiger partial charge is 0.471 e. The Morgan fingerprint density at radius 3 is 1.35 bits per heavy atom. The maximum absolute atomic E-state index is 12.3. The molecule has 0 spiro atoms. The molecule has 0 fully saturated rings. The zero-order chi connectivity index (χ0) is 32.2. The van der Waals surface area contributed by atoms with Crippen LogP contribution < -0.4 is 11.1 Å². The molecule has 0 aliphatic heterocycles. The number of carbonyl (C=O) groups is 3. The van der Waals surface area contributed by atoms with Crippen LogP contribution >= 0.6 is 15.2 Å². The molecule has 3 N–H and O–H groups in total. The number of hydrogen-bond donors (Lipinski definition) is 2. The van der Waals surface area contributed by atoms with Crippen molar-refractivity contribution >= 4 is 49.2 Å². The Morgan fingerprint density at radius 2 is 1.07 bits per heavy atom. The number of esters is 2. The van der Waals surface area contributed by atoms with Crippen LogP contribution in [0.2, 0.25) is 51.4 Å². The zero-order valence-electron chi connectivity index (χ0n) is 29.6. The van der Waals surface area contributed by atoms with Crippen LogP contribution in [0, 0.1) is 0 Å². The summed E-state index contributed by atoms with van der Waals surface area (Å²) in [5, 5.41) is 1.31. The van der Waals surface area contributed by atoms with E-state index >= 15 is 0 Å². The fourth-order valence-corrected chi connectivity index (χ4v) is 5.81. The Morgan fingerprint density at radius 1 is 0.744 bits per heavy atom. The SMILES string of the molecule is C.C.C.COP(=O)(OC)C(N)C(=O)OCC[Si](C)(C)C.COP(=O)(OC)C(NC(=O)C(F)(F)F)C(=O)OCC[Si](C)(C)C.[2H-].[2H-].[2H-].[2H-].[2H-]. The molecule has 0 radical (unpaired) electrons. The molecule has 0 bridgehead atoms. The van der Waals surface area contributed by atoms with Crippen LogP contribution in [0.25, 0.3) is 0 Å². The standard InChI is InChI=1S/C11H21F3NO6PSi.C9H22NO5PSi.3CH4.5H/c1-19-22(18,20-2)8(15-10(17)11(12,13)14)9(16)21-6-7-23(3,4)5;1-13-16(12,14-2)8(10)9(11)15-6-7-17(3,4)5;;;;;;;;/h8H,6-7H2,1-5H3,(H,15,17);8H,6-7,10H2,1-5H3;3*1H4;;;;;/q;;;;;5*-1/i;;;;;5*1+1. The summed E-state index contributed by atoms with van der Waals surface area (Å²) in [7, 11) is -6.65. The highest BCUT2D eigenvalue weighted by molar-refractivity contribution is 7.56. The van der Waals surface area contributed by atoms with Gasteiger partial charge in [0.25, 0.3) is 0 Å². The lowest BCUT2D eigenvalue weighted by molar-refractivity contribution is -0.175. The number of nitrogens with two attached hydrogens (primary N) is 1. The van der Waals surface area contributed by atoms with Gasteiger partial charge < -0.3 is 45.8 Å². The van der Waals surface area contributed by atoms with Gasteiger partial charge in [0.05, 0.1) is 13.2 Å². The third-order valence-corrected chi connectivity index (χ3v) is 12.2.